The molecule has 1 aliphatic rings. The van der Waals surface area contributed by atoms with E-state index in [4.69, 9.17) is 0 Å². The highest BCUT2D eigenvalue weighted by atomic mass is 32.2. The van der Waals surface area contributed by atoms with Gasteiger partial charge < -0.3 is 10.2 Å². The maximum Gasteiger partial charge on any atom is 0.236 e. The standard InChI is InChI=1S/C12H15NO4S/c14-11-8-13(9-12(11)15)18(16,17)7-6-10-4-2-1-3-5-10/h1-7,11-12,14-15H,8-9H2/b7-6+/t11-,12+. The number of rotatable bonds is 3. The van der Waals surface area contributed by atoms with Crippen molar-refractivity contribution < 1.29 is 18.6 Å². The van der Waals surface area contributed by atoms with Crippen LogP contribution < -0.4 is 0 Å². The fourth-order valence-corrected chi connectivity index (χ4v) is 2.98. The molecule has 1 aromatic rings. The van der Waals surface area contributed by atoms with Crippen molar-refractivity contribution in [2.45, 2.75) is 12.2 Å². The summed E-state index contributed by atoms with van der Waals surface area (Å²) in [5.74, 6) is 0. The van der Waals surface area contributed by atoms with E-state index in [0.717, 1.165) is 15.3 Å². The molecule has 18 heavy (non-hydrogen) atoms. The van der Waals surface area contributed by atoms with Crippen molar-refractivity contribution in [3.05, 3.63) is 41.3 Å². The maximum atomic E-state index is 11.9. The molecule has 1 fully saturated rings. The van der Waals surface area contributed by atoms with Crippen LogP contribution in [0.3, 0.4) is 0 Å². The van der Waals surface area contributed by atoms with Gasteiger partial charge in [0.1, 0.15) is 0 Å². The van der Waals surface area contributed by atoms with Crippen molar-refractivity contribution in [3.8, 4) is 0 Å². The largest absolute Gasteiger partial charge is 0.389 e. The van der Waals surface area contributed by atoms with E-state index in [-0.39, 0.29) is 13.1 Å². The highest BCUT2D eigenvalue weighted by molar-refractivity contribution is 7.92. The maximum absolute atomic E-state index is 11.9. The summed E-state index contributed by atoms with van der Waals surface area (Å²) in [6, 6.07) is 9.06. The molecular weight excluding hydrogens is 254 g/mol. The molecule has 98 valence electrons. The Morgan fingerprint density at radius 2 is 1.67 bits per heavy atom. The van der Waals surface area contributed by atoms with Crippen LogP contribution in [0.1, 0.15) is 5.56 Å². The van der Waals surface area contributed by atoms with E-state index in [0.29, 0.717) is 0 Å². The number of sulfonamides is 1. The Morgan fingerprint density at radius 3 is 2.22 bits per heavy atom. The number of aliphatic hydroxyl groups is 2. The second-order valence-electron chi connectivity index (χ2n) is 4.21. The van der Waals surface area contributed by atoms with Gasteiger partial charge in [-0.05, 0) is 11.6 Å². The van der Waals surface area contributed by atoms with Crippen LogP contribution in [0, 0.1) is 0 Å². The quantitative estimate of drug-likeness (QED) is 0.811. The van der Waals surface area contributed by atoms with Gasteiger partial charge in [0, 0.05) is 18.5 Å². The van der Waals surface area contributed by atoms with Crippen LogP contribution in [-0.4, -0.2) is 48.2 Å². The number of hydrogen-bond donors (Lipinski definition) is 2. The Kier molecular flexibility index (Phi) is 3.82. The lowest BCUT2D eigenvalue weighted by Crippen LogP contribution is -2.28. The number of nitrogens with zero attached hydrogens (tertiary/aromatic N) is 1. The van der Waals surface area contributed by atoms with Crippen molar-refractivity contribution in [3.63, 3.8) is 0 Å². The summed E-state index contributed by atoms with van der Waals surface area (Å²) in [4.78, 5) is 0. The third-order valence-electron chi connectivity index (χ3n) is 2.82. The third-order valence-corrected chi connectivity index (χ3v) is 4.32. The summed E-state index contributed by atoms with van der Waals surface area (Å²) in [5.41, 5.74) is 0.779. The Hall–Kier alpha value is -1.21. The average molecular weight is 269 g/mol. The van der Waals surface area contributed by atoms with Gasteiger partial charge in [0.2, 0.25) is 10.0 Å². The molecule has 0 spiro atoms. The molecule has 0 aliphatic carbocycles. The van der Waals surface area contributed by atoms with Gasteiger partial charge in [-0.2, -0.15) is 4.31 Å². The second-order valence-corrected chi connectivity index (χ2v) is 6.03. The SMILES string of the molecule is O=S(=O)(/C=C/c1ccccc1)N1C[C@@H](O)[C@@H](O)C1. The number of benzene rings is 1. The molecule has 2 rings (SSSR count). The van der Waals surface area contributed by atoms with E-state index in [2.05, 4.69) is 0 Å². The smallest absolute Gasteiger partial charge is 0.236 e. The van der Waals surface area contributed by atoms with Crippen LogP contribution in [-0.2, 0) is 10.0 Å². The zero-order valence-electron chi connectivity index (χ0n) is 9.68. The van der Waals surface area contributed by atoms with Gasteiger partial charge in [-0.25, -0.2) is 8.42 Å². The van der Waals surface area contributed by atoms with Gasteiger partial charge in [-0.1, -0.05) is 30.3 Å². The fraction of sp³-hybridized carbons (Fsp3) is 0.333. The zero-order valence-corrected chi connectivity index (χ0v) is 10.5. The van der Waals surface area contributed by atoms with E-state index in [1.807, 2.05) is 18.2 Å². The third kappa shape index (κ3) is 2.97. The highest BCUT2D eigenvalue weighted by Crippen LogP contribution is 2.16. The van der Waals surface area contributed by atoms with Gasteiger partial charge in [0.05, 0.1) is 12.2 Å². The summed E-state index contributed by atoms with van der Waals surface area (Å²) in [6.45, 7) is -0.134. The second kappa shape index (κ2) is 5.19. The fourth-order valence-electron chi connectivity index (χ4n) is 1.76. The van der Waals surface area contributed by atoms with E-state index in [1.165, 1.54) is 6.08 Å². The minimum Gasteiger partial charge on any atom is -0.389 e. The molecule has 0 aromatic heterocycles. The summed E-state index contributed by atoms with van der Waals surface area (Å²) in [5, 5.41) is 19.8. The van der Waals surface area contributed by atoms with Crippen LogP contribution in [0.15, 0.2) is 35.7 Å². The van der Waals surface area contributed by atoms with Crippen LogP contribution in [0.5, 0.6) is 0 Å². The van der Waals surface area contributed by atoms with Crippen LogP contribution in [0.4, 0.5) is 0 Å². The monoisotopic (exact) mass is 269 g/mol. The first-order chi connectivity index (χ1) is 8.49. The topological polar surface area (TPSA) is 77.8 Å². The van der Waals surface area contributed by atoms with E-state index in [9.17, 15) is 18.6 Å². The molecule has 0 saturated carbocycles. The van der Waals surface area contributed by atoms with Gasteiger partial charge in [-0.15, -0.1) is 0 Å². The van der Waals surface area contributed by atoms with Gasteiger partial charge >= 0.3 is 0 Å². The summed E-state index contributed by atoms with van der Waals surface area (Å²) >= 11 is 0. The van der Waals surface area contributed by atoms with Crippen LogP contribution >= 0.6 is 0 Å². The lowest BCUT2D eigenvalue weighted by molar-refractivity contribution is 0.0572. The minimum atomic E-state index is -3.59. The van der Waals surface area contributed by atoms with Crippen molar-refractivity contribution in [2.24, 2.45) is 0 Å². The van der Waals surface area contributed by atoms with Crippen molar-refractivity contribution in [2.75, 3.05) is 13.1 Å². The first-order valence-electron chi connectivity index (χ1n) is 5.58. The predicted octanol–water partition coefficient (Wildman–Crippen LogP) is 0.0245. The summed E-state index contributed by atoms with van der Waals surface area (Å²) in [6.07, 6.45) is -0.526. The average Bonchev–Trinajstić information content (AvgIpc) is 2.70. The van der Waals surface area contributed by atoms with Crippen LogP contribution in [0.25, 0.3) is 6.08 Å². The van der Waals surface area contributed by atoms with Crippen molar-refractivity contribution in [1.29, 1.82) is 0 Å². The minimum absolute atomic E-state index is 0.0668. The van der Waals surface area contributed by atoms with Crippen LogP contribution in [0.2, 0.25) is 0 Å². The Balaban J connectivity index is 2.11. The molecule has 1 aromatic carbocycles. The molecule has 0 unspecified atom stereocenters. The van der Waals surface area contributed by atoms with Crippen molar-refractivity contribution >= 4 is 16.1 Å². The normalized spacial score (nSPS) is 25.9. The first-order valence-corrected chi connectivity index (χ1v) is 7.09. The van der Waals surface area contributed by atoms with Gasteiger partial charge in [0.25, 0.3) is 0 Å². The molecule has 2 atom stereocenters. The number of aliphatic hydroxyl groups excluding tert-OH is 2. The lowest BCUT2D eigenvalue weighted by Gasteiger charge is -2.11. The summed E-state index contributed by atoms with van der Waals surface area (Å²) in [7, 11) is -3.59. The van der Waals surface area contributed by atoms with Crippen molar-refractivity contribution in [1.82, 2.24) is 4.31 Å². The molecule has 6 heteroatoms. The molecule has 0 amide bonds. The first kappa shape index (κ1) is 13.2. The Bertz CT molecular complexity index is 516. The lowest BCUT2D eigenvalue weighted by atomic mass is 10.2. The molecule has 0 radical (unpaired) electrons. The summed E-state index contributed by atoms with van der Waals surface area (Å²) < 4.78 is 24.9. The molecule has 0 bridgehead atoms. The van der Waals surface area contributed by atoms with Gasteiger partial charge in [-0.3, -0.25) is 0 Å². The molecule has 5 nitrogen and oxygen atoms in total. The molecule has 1 heterocycles. The Morgan fingerprint density at radius 1 is 1.11 bits per heavy atom. The molecule has 2 N–H and O–H groups in total. The zero-order chi connectivity index (χ0) is 13.2. The highest BCUT2D eigenvalue weighted by Gasteiger charge is 2.35. The number of β-amino-alcohol motifs (C(OH)–C–C–N with tert-alkyl or cyclic N) is 2. The van der Waals surface area contributed by atoms with E-state index >= 15 is 0 Å². The predicted molar refractivity (Wildman–Crippen MR) is 68.0 cm³/mol. The Labute approximate surface area is 106 Å². The molecule has 1 aliphatic heterocycles. The van der Waals surface area contributed by atoms with E-state index in [1.54, 1.807) is 12.1 Å². The molecular formula is C12H15NO4S. The number of hydrogen-bond acceptors (Lipinski definition) is 4. The van der Waals surface area contributed by atoms with Gasteiger partial charge in [0.15, 0.2) is 0 Å². The molecule has 1 saturated heterocycles. The van der Waals surface area contributed by atoms with E-state index < -0.39 is 22.2 Å².